The second-order valence-electron chi connectivity index (χ2n) is 4.37. The van der Waals surface area contributed by atoms with Crippen LogP contribution in [0.1, 0.15) is 5.69 Å². The lowest BCUT2D eigenvalue weighted by atomic mass is 10.1. The first-order valence-electron chi connectivity index (χ1n) is 6.20. The van der Waals surface area contributed by atoms with Crippen LogP contribution in [0, 0.1) is 5.41 Å². The molecule has 4 nitrogen and oxygen atoms in total. The standard InChI is InChI=1S/C16H13N3O/c17-16(18)15-14(6-3-9-19-15)20-13-8-7-11-4-1-2-5-12(11)10-13/h1-10H,(H3,17,18). The Hall–Kier alpha value is -2.88. The van der Waals surface area contributed by atoms with Gasteiger partial charge in [-0.25, -0.2) is 4.98 Å². The zero-order chi connectivity index (χ0) is 13.9. The monoisotopic (exact) mass is 263 g/mol. The molecule has 0 saturated carbocycles. The molecule has 0 atom stereocenters. The number of aromatic nitrogens is 1. The van der Waals surface area contributed by atoms with Crippen LogP contribution in [0.5, 0.6) is 11.5 Å². The van der Waals surface area contributed by atoms with Gasteiger partial charge in [-0.05, 0) is 35.0 Å². The number of fused-ring (bicyclic) bond motifs is 1. The molecule has 3 aromatic rings. The molecule has 0 radical (unpaired) electrons. The summed E-state index contributed by atoms with van der Waals surface area (Å²) in [5.74, 6) is 1.07. The van der Waals surface area contributed by atoms with E-state index in [-0.39, 0.29) is 5.84 Å². The fourth-order valence-electron chi connectivity index (χ4n) is 2.03. The molecule has 0 saturated heterocycles. The Morgan fingerprint density at radius 3 is 2.60 bits per heavy atom. The maximum absolute atomic E-state index is 7.51. The number of nitrogens with two attached hydrogens (primary N) is 1. The van der Waals surface area contributed by atoms with Gasteiger partial charge in [0.1, 0.15) is 17.3 Å². The second kappa shape index (κ2) is 5.01. The molecule has 1 heterocycles. The fourth-order valence-corrected chi connectivity index (χ4v) is 2.03. The Bertz CT molecular complexity index is 783. The van der Waals surface area contributed by atoms with Crippen LogP contribution in [0.3, 0.4) is 0 Å². The quantitative estimate of drug-likeness (QED) is 0.562. The lowest BCUT2D eigenvalue weighted by Gasteiger charge is -2.09. The Kier molecular flexibility index (Phi) is 3.05. The van der Waals surface area contributed by atoms with E-state index >= 15 is 0 Å². The normalized spacial score (nSPS) is 10.4. The average Bonchev–Trinajstić information content (AvgIpc) is 2.47. The number of nitrogens with one attached hydrogen (secondary N) is 1. The Morgan fingerprint density at radius 1 is 1.00 bits per heavy atom. The van der Waals surface area contributed by atoms with Crippen molar-refractivity contribution >= 4 is 16.6 Å². The minimum Gasteiger partial charge on any atom is -0.455 e. The van der Waals surface area contributed by atoms with E-state index in [1.165, 1.54) is 0 Å². The number of rotatable bonds is 3. The lowest BCUT2D eigenvalue weighted by Crippen LogP contribution is -2.14. The van der Waals surface area contributed by atoms with Crippen LogP contribution in [0.25, 0.3) is 10.8 Å². The van der Waals surface area contributed by atoms with E-state index in [0.29, 0.717) is 17.2 Å². The van der Waals surface area contributed by atoms with Crippen LogP contribution in [0.4, 0.5) is 0 Å². The molecule has 20 heavy (non-hydrogen) atoms. The summed E-state index contributed by atoms with van der Waals surface area (Å²) >= 11 is 0. The van der Waals surface area contributed by atoms with Gasteiger partial charge in [0.05, 0.1) is 0 Å². The van der Waals surface area contributed by atoms with Crippen LogP contribution in [-0.4, -0.2) is 10.8 Å². The molecule has 0 fully saturated rings. The first-order chi connectivity index (χ1) is 9.74. The van der Waals surface area contributed by atoms with Gasteiger partial charge in [0.15, 0.2) is 5.75 Å². The number of nitrogen functional groups attached to an aromatic ring is 1. The summed E-state index contributed by atoms with van der Waals surface area (Å²) in [5, 5.41) is 9.75. The SMILES string of the molecule is N=C(N)c1ncccc1Oc1ccc2ccccc2c1. The molecule has 2 aromatic carbocycles. The summed E-state index contributed by atoms with van der Waals surface area (Å²) in [7, 11) is 0. The van der Waals surface area contributed by atoms with Gasteiger partial charge in [0.25, 0.3) is 0 Å². The molecule has 1 aromatic heterocycles. The third kappa shape index (κ3) is 2.31. The minimum absolute atomic E-state index is 0.110. The molecule has 0 amide bonds. The topological polar surface area (TPSA) is 72.0 Å². The van der Waals surface area contributed by atoms with E-state index in [2.05, 4.69) is 4.98 Å². The van der Waals surface area contributed by atoms with Crippen molar-refractivity contribution in [1.82, 2.24) is 4.98 Å². The van der Waals surface area contributed by atoms with Crippen molar-refractivity contribution in [2.45, 2.75) is 0 Å². The molecule has 3 rings (SSSR count). The highest BCUT2D eigenvalue weighted by atomic mass is 16.5. The molecule has 0 aliphatic carbocycles. The number of ether oxygens (including phenoxy) is 1. The van der Waals surface area contributed by atoms with Crippen molar-refractivity contribution in [3.8, 4) is 11.5 Å². The Labute approximate surface area is 116 Å². The third-order valence-corrected chi connectivity index (χ3v) is 2.97. The van der Waals surface area contributed by atoms with Crippen LogP contribution in [0.2, 0.25) is 0 Å². The van der Waals surface area contributed by atoms with Crippen molar-refractivity contribution in [1.29, 1.82) is 5.41 Å². The molecule has 4 heteroatoms. The number of pyridine rings is 1. The van der Waals surface area contributed by atoms with Gasteiger partial charge in [0.2, 0.25) is 0 Å². The molecule has 0 aliphatic rings. The summed E-state index contributed by atoms with van der Waals surface area (Å²) in [6.07, 6.45) is 1.59. The summed E-state index contributed by atoms with van der Waals surface area (Å²) in [6.45, 7) is 0. The summed E-state index contributed by atoms with van der Waals surface area (Å²) in [4.78, 5) is 4.06. The lowest BCUT2D eigenvalue weighted by molar-refractivity contribution is 0.479. The highest BCUT2D eigenvalue weighted by Gasteiger charge is 2.08. The van der Waals surface area contributed by atoms with Crippen molar-refractivity contribution < 1.29 is 4.74 Å². The Balaban J connectivity index is 1.99. The highest BCUT2D eigenvalue weighted by Crippen LogP contribution is 2.26. The van der Waals surface area contributed by atoms with Crippen LogP contribution < -0.4 is 10.5 Å². The van der Waals surface area contributed by atoms with E-state index in [9.17, 15) is 0 Å². The number of nitrogens with zero attached hydrogens (tertiary/aromatic N) is 1. The molecule has 3 N–H and O–H groups in total. The van der Waals surface area contributed by atoms with E-state index in [0.717, 1.165) is 10.8 Å². The summed E-state index contributed by atoms with van der Waals surface area (Å²) in [6, 6.07) is 17.4. The van der Waals surface area contributed by atoms with E-state index in [1.54, 1.807) is 18.3 Å². The zero-order valence-electron chi connectivity index (χ0n) is 10.7. The first-order valence-corrected chi connectivity index (χ1v) is 6.20. The average molecular weight is 263 g/mol. The van der Waals surface area contributed by atoms with Gasteiger partial charge in [-0.15, -0.1) is 0 Å². The zero-order valence-corrected chi connectivity index (χ0v) is 10.7. The van der Waals surface area contributed by atoms with Crippen molar-refractivity contribution in [3.05, 3.63) is 66.5 Å². The summed E-state index contributed by atoms with van der Waals surface area (Å²) in [5.41, 5.74) is 5.85. The molecule has 0 bridgehead atoms. The number of benzene rings is 2. The molecule has 98 valence electrons. The molecule has 0 unspecified atom stereocenters. The van der Waals surface area contributed by atoms with Crippen LogP contribution >= 0.6 is 0 Å². The smallest absolute Gasteiger partial charge is 0.156 e. The van der Waals surface area contributed by atoms with Crippen molar-refractivity contribution in [2.24, 2.45) is 5.73 Å². The van der Waals surface area contributed by atoms with Crippen LogP contribution in [-0.2, 0) is 0 Å². The third-order valence-electron chi connectivity index (χ3n) is 2.97. The number of amidine groups is 1. The number of hydrogen-bond acceptors (Lipinski definition) is 3. The maximum atomic E-state index is 7.51. The van der Waals surface area contributed by atoms with Gasteiger partial charge in [0, 0.05) is 6.20 Å². The van der Waals surface area contributed by atoms with Gasteiger partial charge in [-0.3, -0.25) is 5.41 Å². The first kappa shape index (κ1) is 12.2. The number of hydrogen-bond donors (Lipinski definition) is 2. The predicted molar refractivity (Wildman–Crippen MR) is 79.3 cm³/mol. The van der Waals surface area contributed by atoms with Gasteiger partial charge in [-0.1, -0.05) is 30.3 Å². The molecular weight excluding hydrogens is 250 g/mol. The minimum atomic E-state index is -0.110. The maximum Gasteiger partial charge on any atom is 0.156 e. The van der Waals surface area contributed by atoms with Crippen molar-refractivity contribution in [2.75, 3.05) is 0 Å². The van der Waals surface area contributed by atoms with Gasteiger partial charge < -0.3 is 10.5 Å². The van der Waals surface area contributed by atoms with E-state index in [1.807, 2.05) is 42.5 Å². The molecule has 0 spiro atoms. The molecule has 0 aliphatic heterocycles. The predicted octanol–water partition coefficient (Wildman–Crippen LogP) is 3.31. The van der Waals surface area contributed by atoms with E-state index < -0.39 is 0 Å². The molecular formula is C16H13N3O. The summed E-state index contributed by atoms with van der Waals surface area (Å²) < 4.78 is 5.80. The Morgan fingerprint density at radius 2 is 1.80 bits per heavy atom. The fraction of sp³-hybridized carbons (Fsp3) is 0. The van der Waals surface area contributed by atoms with Gasteiger partial charge in [-0.2, -0.15) is 0 Å². The van der Waals surface area contributed by atoms with E-state index in [4.69, 9.17) is 15.9 Å². The van der Waals surface area contributed by atoms with Crippen molar-refractivity contribution in [3.63, 3.8) is 0 Å². The van der Waals surface area contributed by atoms with Crippen LogP contribution in [0.15, 0.2) is 60.8 Å². The second-order valence-corrected chi connectivity index (χ2v) is 4.37. The highest BCUT2D eigenvalue weighted by molar-refractivity contribution is 5.95. The largest absolute Gasteiger partial charge is 0.455 e. The van der Waals surface area contributed by atoms with Gasteiger partial charge >= 0.3 is 0 Å².